The molecular formula is C21H22N2O5. The molecule has 0 saturated heterocycles. The summed E-state index contributed by atoms with van der Waals surface area (Å²) in [6.45, 7) is 3.45. The number of nitrogens with one attached hydrogen (secondary N) is 1. The van der Waals surface area contributed by atoms with E-state index in [1.165, 1.54) is 0 Å². The van der Waals surface area contributed by atoms with Gasteiger partial charge < -0.3 is 20.1 Å². The van der Waals surface area contributed by atoms with Crippen molar-refractivity contribution in [3.63, 3.8) is 0 Å². The third kappa shape index (κ3) is 3.98. The second-order valence-electron chi connectivity index (χ2n) is 7.11. The molecule has 2 aromatic rings. The van der Waals surface area contributed by atoms with E-state index < -0.39 is 11.4 Å². The van der Waals surface area contributed by atoms with E-state index in [0.29, 0.717) is 22.7 Å². The van der Waals surface area contributed by atoms with Gasteiger partial charge in [0.05, 0.1) is 11.1 Å². The van der Waals surface area contributed by atoms with Gasteiger partial charge in [-0.1, -0.05) is 24.3 Å². The molecular weight excluding hydrogens is 360 g/mol. The molecule has 2 N–H and O–H groups in total. The van der Waals surface area contributed by atoms with Crippen LogP contribution in [0.25, 0.3) is 0 Å². The lowest BCUT2D eigenvalue weighted by molar-refractivity contribution is -0.142. The summed E-state index contributed by atoms with van der Waals surface area (Å²) in [5.74, 6) is -0.715. The number of hydrogen-bond acceptors (Lipinski definition) is 4. The minimum Gasteiger partial charge on any atom is -0.482 e. The fourth-order valence-electron chi connectivity index (χ4n) is 2.93. The van der Waals surface area contributed by atoms with Crippen molar-refractivity contribution in [1.82, 2.24) is 0 Å². The van der Waals surface area contributed by atoms with Crippen LogP contribution in [0.1, 0.15) is 25.8 Å². The monoisotopic (exact) mass is 382 g/mol. The Bertz CT molecular complexity index is 905. The number of carboxylic acid groups (broad SMARTS) is 1. The maximum atomic E-state index is 12.3. The predicted octanol–water partition coefficient (Wildman–Crippen LogP) is 2.80. The molecule has 28 heavy (non-hydrogen) atoms. The maximum Gasteiger partial charge on any atom is 0.313 e. The minimum atomic E-state index is -1.01. The van der Waals surface area contributed by atoms with Gasteiger partial charge in [-0.3, -0.25) is 14.4 Å². The molecule has 0 radical (unpaired) electrons. The molecule has 0 aliphatic carbocycles. The van der Waals surface area contributed by atoms with Gasteiger partial charge in [-0.25, -0.2) is 0 Å². The number of hydrogen-bond donors (Lipinski definition) is 2. The number of carboxylic acids is 1. The van der Waals surface area contributed by atoms with Gasteiger partial charge in [0.1, 0.15) is 5.75 Å². The molecule has 0 spiro atoms. The lowest BCUT2D eigenvalue weighted by Crippen LogP contribution is -2.40. The Labute approximate surface area is 162 Å². The number of carbonyl (C=O) groups excluding carboxylic acids is 2. The van der Waals surface area contributed by atoms with Crippen molar-refractivity contribution in [3.8, 4) is 5.75 Å². The molecule has 2 amide bonds. The number of carbonyl (C=O) groups is 3. The molecule has 0 saturated carbocycles. The summed E-state index contributed by atoms with van der Waals surface area (Å²) >= 11 is 0. The second kappa shape index (κ2) is 7.72. The van der Waals surface area contributed by atoms with Gasteiger partial charge in [-0.05, 0) is 43.7 Å². The van der Waals surface area contributed by atoms with E-state index in [1.807, 2.05) is 12.1 Å². The first-order valence-corrected chi connectivity index (χ1v) is 8.95. The molecule has 0 atom stereocenters. The van der Waals surface area contributed by atoms with Gasteiger partial charge in [-0.15, -0.1) is 0 Å². The van der Waals surface area contributed by atoms with Crippen LogP contribution in [0, 0.1) is 0 Å². The van der Waals surface area contributed by atoms with E-state index in [4.69, 9.17) is 4.74 Å². The number of ether oxygens (including phenoxy) is 1. The molecule has 146 valence electrons. The van der Waals surface area contributed by atoms with Crippen molar-refractivity contribution < 1.29 is 24.2 Å². The van der Waals surface area contributed by atoms with Crippen molar-refractivity contribution in [2.45, 2.75) is 25.7 Å². The zero-order chi connectivity index (χ0) is 20.3. The van der Waals surface area contributed by atoms with Gasteiger partial charge in [0, 0.05) is 18.7 Å². The van der Waals surface area contributed by atoms with Crippen molar-refractivity contribution >= 4 is 29.2 Å². The fourth-order valence-corrected chi connectivity index (χ4v) is 2.93. The smallest absolute Gasteiger partial charge is 0.313 e. The SMILES string of the molecule is CC(C)(C(=O)O)c1ccc(NC(=O)CCN2C(=O)COc3ccccc32)cc1. The van der Waals surface area contributed by atoms with E-state index >= 15 is 0 Å². The van der Waals surface area contributed by atoms with Crippen LogP contribution in [0.4, 0.5) is 11.4 Å². The Morgan fingerprint density at radius 1 is 1.14 bits per heavy atom. The van der Waals surface area contributed by atoms with Crippen LogP contribution >= 0.6 is 0 Å². The standard InChI is InChI=1S/C21H22N2O5/c1-21(2,20(26)27)14-7-9-15(10-8-14)22-18(24)11-12-23-16-5-3-4-6-17(16)28-13-19(23)25/h3-10H,11-13H2,1-2H3,(H,22,24)(H,26,27). The number of benzene rings is 2. The number of amides is 2. The van der Waals surface area contributed by atoms with Crippen LogP contribution in [-0.4, -0.2) is 36.0 Å². The lowest BCUT2D eigenvalue weighted by Gasteiger charge is -2.29. The zero-order valence-electron chi connectivity index (χ0n) is 15.8. The summed E-state index contributed by atoms with van der Waals surface area (Å²) in [7, 11) is 0. The molecule has 0 unspecified atom stereocenters. The molecule has 0 fully saturated rings. The molecule has 7 heteroatoms. The van der Waals surface area contributed by atoms with Crippen molar-refractivity contribution in [1.29, 1.82) is 0 Å². The fraction of sp³-hybridized carbons (Fsp3) is 0.286. The van der Waals surface area contributed by atoms with E-state index in [9.17, 15) is 19.5 Å². The number of nitrogens with zero attached hydrogens (tertiary/aromatic N) is 1. The Hall–Kier alpha value is -3.35. The van der Waals surface area contributed by atoms with Crippen LogP contribution in [-0.2, 0) is 19.8 Å². The van der Waals surface area contributed by atoms with Crippen LogP contribution in [0.15, 0.2) is 48.5 Å². The van der Waals surface area contributed by atoms with Crippen LogP contribution in [0.3, 0.4) is 0 Å². The minimum absolute atomic E-state index is 0.0422. The number of para-hydroxylation sites is 2. The highest BCUT2D eigenvalue weighted by molar-refractivity contribution is 5.99. The van der Waals surface area contributed by atoms with Gasteiger partial charge in [-0.2, -0.15) is 0 Å². The average Bonchev–Trinajstić information content (AvgIpc) is 2.67. The zero-order valence-corrected chi connectivity index (χ0v) is 15.8. The molecule has 1 aliphatic heterocycles. The van der Waals surface area contributed by atoms with Crippen molar-refractivity contribution in [3.05, 3.63) is 54.1 Å². The highest BCUT2D eigenvalue weighted by Crippen LogP contribution is 2.31. The highest BCUT2D eigenvalue weighted by atomic mass is 16.5. The maximum absolute atomic E-state index is 12.3. The normalized spacial score (nSPS) is 13.5. The third-order valence-electron chi connectivity index (χ3n) is 4.80. The molecule has 1 heterocycles. The van der Waals surface area contributed by atoms with E-state index in [0.717, 1.165) is 0 Å². The quantitative estimate of drug-likeness (QED) is 0.801. The number of anilines is 2. The predicted molar refractivity (Wildman–Crippen MR) is 105 cm³/mol. The molecule has 3 rings (SSSR count). The number of aliphatic carboxylic acids is 1. The highest BCUT2D eigenvalue weighted by Gasteiger charge is 2.29. The van der Waals surface area contributed by atoms with Crippen LogP contribution in [0.5, 0.6) is 5.75 Å². The summed E-state index contributed by atoms with van der Waals surface area (Å²) in [6.07, 6.45) is 0.127. The number of rotatable bonds is 6. The summed E-state index contributed by atoms with van der Waals surface area (Å²) < 4.78 is 5.39. The third-order valence-corrected chi connectivity index (χ3v) is 4.80. The molecule has 7 nitrogen and oxygen atoms in total. The van der Waals surface area contributed by atoms with Gasteiger partial charge >= 0.3 is 5.97 Å². The Kier molecular flexibility index (Phi) is 5.35. The number of fused-ring (bicyclic) bond motifs is 1. The average molecular weight is 382 g/mol. The van der Waals surface area contributed by atoms with Gasteiger partial charge in [0.2, 0.25) is 5.91 Å². The van der Waals surface area contributed by atoms with E-state index in [2.05, 4.69) is 5.32 Å². The van der Waals surface area contributed by atoms with Crippen LogP contribution < -0.4 is 15.0 Å². The Morgan fingerprint density at radius 3 is 2.50 bits per heavy atom. The lowest BCUT2D eigenvalue weighted by atomic mass is 9.85. The molecule has 0 bridgehead atoms. The van der Waals surface area contributed by atoms with E-state index in [1.54, 1.807) is 55.1 Å². The summed E-state index contributed by atoms with van der Waals surface area (Å²) in [5.41, 5.74) is 0.871. The first-order chi connectivity index (χ1) is 13.3. The van der Waals surface area contributed by atoms with Crippen molar-refractivity contribution in [2.75, 3.05) is 23.4 Å². The summed E-state index contributed by atoms with van der Waals surface area (Å²) in [6, 6.07) is 13.9. The first kappa shape index (κ1) is 19.4. The van der Waals surface area contributed by atoms with Gasteiger partial charge in [0.15, 0.2) is 6.61 Å². The summed E-state index contributed by atoms with van der Waals surface area (Å²) in [4.78, 5) is 37.3. The van der Waals surface area contributed by atoms with Crippen LogP contribution in [0.2, 0.25) is 0 Å². The molecule has 0 aromatic heterocycles. The van der Waals surface area contributed by atoms with Gasteiger partial charge in [0.25, 0.3) is 5.91 Å². The topological polar surface area (TPSA) is 95.9 Å². The largest absolute Gasteiger partial charge is 0.482 e. The molecule has 1 aliphatic rings. The van der Waals surface area contributed by atoms with E-state index in [-0.39, 0.29) is 31.4 Å². The summed E-state index contributed by atoms with van der Waals surface area (Å²) in [5, 5.41) is 12.1. The molecule has 2 aromatic carbocycles. The Morgan fingerprint density at radius 2 is 1.82 bits per heavy atom. The Balaban J connectivity index is 1.61. The van der Waals surface area contributed by atoms with Crippen molar-refractivity contribution in [2.24, 2.45) is 0 Å². The second-order valence-corrected chi connectivity index (χ2v) is 7.11. The first-order valence-electron chi connectivity index (χ1n) is 8.95.